The van der Waals surface area contributed by atoms with Gasteiger partial charge < -0.3 is 9.72 Å². The maximum absolute atomic E-state index is 12.4. The van der Waals surface area contributed by atoms with Gasteiger partial charge in [0.25, 0.3) is 0 Å². The van der Waals surface area contributed by atoms with Crippen LogP contribution in [0.2, 0.25) is 0 Å². The van der Waals surface area contributed by atoms with Crippen LogP contribution in [0.15, 0.2) is 21.4 Å². The Labute approximate surface area is 107 Å². The summed E-state index contributed by atoms with van der Waals surface area (Å²) >= 11 is 3.49. The Bertz CT molecular complexity index is 660. The fourth-order valence-corrected chi connectivity index (χ4v) is 2.75. The maximum Gasteiger partial charge on any atom is 0.195 e. The predicted molar refractivity (Wildman–Crippen MR) is 70.4 cm³/mol. The molecular weight excluding hydrogens is 282 g/mol. The molecule has 1 N–H and O–H groups in total. The summed E-state index contributed by atoms with van der Waals surface area (Å²) in [6.07, 6.45) is 0.779. The van der Waals surface area contributed by atoms with Crippen LogP contribution in [-0.2, 0) is 17.8 Å². The zero-order chi connectivity index (χ0) is 12.0. The van der Waals surface area contributed by atoms with Crippen molar-refractivity contribution in [3.8, 4) is 0 Å². The van der Waals surface area contributed by atoms with Crippen molar-refractivity contribution in [3.63, 3.8) is 0 Å². The van der Waals surface area contributed by atoms with E-state index in [1.54, 1.807) is 0 Å². The highest BCUT2D eigenvalue weighted by Gasteiger charge is 2.17. The van der Waals surface area contributed by atoms with Gasteiger partial charge >= 0.3 is 0 Å². The van der Waals surface area contributed by atoms with Crippen molar-refractivity contribution in [1.29, 1.82) is 0 Å². The number of nitrogens with one attached hydrogen (secondary N) is 1. The molecule has 3 nitrogen and oxygen atoms in total. The lowest BCUT2D eigenvalue weighted by Gasteiger charge is -2.17. The second-order valence-electron chi connectivity index (χ2n) is 4.33. The molecule has 1 aliphatic heterocycles. The third-order valence-electron chi connectivity index (χ3n) is 3.25. The molecule has 0 spiro atoms. The predicted octanol–water partition coefficient (Wildman–Crippen LogP) is 2.67. The van der Waals surface area contributed by atoms with Gasteiger partial charge in [0.05, 0.1) is 18.7 Å². The SMILES string of the molecule is Cc1ccc(Br)c2[nH]c3c(c(=O)c12)COCC3. The molecule has 2 aromatic rings. The van der Waals surface area contributed by atoms with E-state index in [1.165, 1.54) is 0 Å². The number of pyridine rings is 1. The number of benzene rings is 1. The first-order chi connectivity index (χ1) is 8.18. The van der Waals surface area contributed by atoms with Crippen LogP contribution >= 0.6 is 15.9 Å². The minimum absolute atomic E-state index is 0.104. The van der Waals surface area contributed by atoms with Gasteiger partial charge in [-0.1, -0.05) is 6.07 Å². The molecule has 1 aromatic carbocycles. The van der Waals surface area contributed by atoms with Gasteiger partial charge in [-0.3, -0.25) is 4.79 Å². The van der Waals surface area contributed by atoms with Crippen LogP contribution in [0.25, 0.3) is 10.9 Å². The van der Waals surface area contributed by atoms with Crippen molar-refractivity contribution in [2.24, 2.45) is 0 Å². The van der Waals surface area contributed by atoms with Crippen molar-refractivity contribution < 1.29 is 4.74 Å². The number of aromatic nitrogens is 1. The molecule has 0 amide bonds. The highest BCUT2D eigenvalue weighted by Crippen LogP contribution is 2.25. The summed E-state index contributed by atoms with van der Waals surface area (Å²) in [6, 6.07) is 3.93. The molecule has 0 saturated carbocycles. The molecule has 0 radical (unpaired) electrons. The van der Waals surface area contributed by atoms with E-state index in [1.807, 2.05) is 19.1 Å². The van der Waals surface area contributed by atoms with Gasteiger partial charge in [-0.25, -0.2) is 0 Å². The molecule has 4 heteroatoms. The number of hydrogen-bond acceptors (Lipinski definition) is 2. The molecule has 0 saturated heterocycles. The smallest absolute Gasteiger partial charge is 0.195 e. The number of H-pyrrole nitrogens is 1. The second kappa shape index (κ2) is 3.96. The topological polar surface area (TPSA) is 42.1 Å². The molecule has 88 valence electrons. The van der Waals surface area contributed by atoms with Gasteiger partial charge in [0, 0.05) is 27.5 Å². The summed E-state index contributed by atoms with van der Waals surface area (Å²) in [7, 11) is 0. The molecule has 0 aliphatic carbocycles. The fraction of sp³-hybridized carbons (Fsp3) is 0.308. The normalized spacial score (nSPS) is 14.9. The molecule has 17 heavy (non-hydrogen) atoms. The zero-order valence-corrected chi connectivity index (χ0v) is 11.1. The Morgan fingerprint density at radius 1 is 1.41 bits per heavy atom. The third kappa shape index (κ3) is 1.63. The molecule has 0 unspecified atom stereocenters. The minimum Gasteiger partial charge on any atom is -0.376 e. The van der Waals surface area contributed by atoms with Gasteiger partial charge in [0.15, 0.2) is 5.43 Å². The highest BCUT2D eigenvalue weighted by atomic mass is 79.9. The van der Waals surface area contributed by atoms with Gasteiger partial charge in [-0.05, 0) is 34.5 Å². The van der Waals surface area contributed by atoms with Gasteiger partial charge in [0.1, 0.15) is 0 Å². The van der Waals surface area contributed by atoms with Crippen LogP contribution < -0.4 is 5.43 Å². The Hall–Kier alpha value is -1.13. The van der Waals surface area contributed by atoms with Crippen LogP contribution in [0.5, 0.6) is 0 Å². The number of rotatable bonds is 0. The van der Waals surface area contributed by atoms with Crippen LogP contribution in [-0.4, -0.2) is 11.6 Å². The van der Waals surface area contributed by atoms with Crippen LogP contribution in [0, 0.1) is 6.92 Å². The quantitative estimate of drug-likeness (QED) is 0.811. The van der Waals surface area contributed by atoms with Gasteiger partial charge in [-0.2, -0.15) is 0 Å². The monoisotopic (exact) mass is 293 g/mol. The minimum atomic E-state index is 0.104. The van der Waals surface area contributed by atoms with E-state index in [0.29, 0.717) is 13.2 Å². The Morgan fingerprint density at radius 2 is 2.24 bits per heavy atom. The summed E-state index contributed by atoms with van der Waals surface area (Å²) in [4.78, 5) is 15.8. The first kappa shape index (κ1) is 11.0. The molecule has 1 aromatic heterocycles. The number of halogens is 1. The zero-order valence-electron chi connectivity index (χ0n) is 9.47. The largest absolute Gasteiger partial charge is 0.376 e. The van der Waals surface area contributed by atoms with Crippen molar-refractivity contribution in [1.82, 2.24) is 4.98 Å². The van der Waals surface area contributed by atoms with Crippen molar-refractivity contribution in [2.45, 2.75) is 20.0 Å². The standard InChI is InChI=1S/C13H12BrNO2/c1-7-2-3-9(14)12-11(7)13(16)8-6-17-5-4-10(8)15-12/h2-3H,4-6H2,1H3,(H,15,16). The summed E-state index contributed by atoms with van der Waals surface area (Å²) in [5, 5.41) is 0.767. The summed E-state index contributed by atoms with van der Waals surface area (Å²) in [6.45, 7) is 3.06. The lowest BCUT2D eigenvalue weighted by Crippen LogP contribution is -2.22. The van der Waals surface area contributed by atoms with E-state index in [4.69, 9.17) is 4.74 Å². The first-order valence-electron chi connectivity index (χ1n) is 5.59. The number of ether oxygens (including phenoxy) is 1. The third-order valence-corrected chi connectivity index (χ3v) is 3.91. The Balaban J connectivity index is 2.48. The average molecular weight is 294 g/mol. The molecule has 0 bridgehead atoms. The number of aryl methyl sites for hydroxylation is 1. The molecular formula is C13H12BrNO2. The number of hydrogen-bond donors (Lipinski definition) is 1. The van der Waals surface area contributed by atoms with E-state index >= 15 is 0 Å². The highest BCUT2D eigenvalue weighted by molar-refractivity contribution is 9.10. The summed E-state index contributed by atoms with van der Waals surface area (Å²) in [5.74, 6) is 0. The van der Waals surface area contributed by atoms with Crippen molar-refractivity contribution in [3.05, 3.63) is 43.6 Å². The van der Waals surface area contributed by atoms with Crippen molar-refractivity contribution >= 4 is 26.8 Å². The molecule has 1 aliphatic rings. The molecule has 0 fully saturated rings. The van der Waals surface area contributed by atoms with Gasteiger partial charge in [0.2, 0.25) is 0 Å². The molecule has 2 heterocycles. The molecule has 3 rings (SSSR count). The van der Waals surface area contributed by atoms with E-state index in [0.717, 1.165) is 38.6 Å². The van der Waals surface area contributed by atoms with E-state index in [2.05, 4.69) is 20.9 Å². The Morgan fingerprint density at radius 3 is 3.06 bits per heavy atom. The lowest BCUT2D eigenvalue weighted by molar-refractivity contribution is 0.108. The Kier molecular flexibility index (Phi) is 2.56. The van der Waals surface area contributed by atoms with Crippen LogP contribution in [0.4, 0.5) is 0 Å². The number of fused-ring (bicyclic) bond motifs is 2. The number of aromatic amines is 1. The fourth-order valence-electron chi connectivity index (χ4n) is 2.33. The van der Waals surface area contributed by atoms with E-state index in [9.17, 15) is 4.79 Å². The maximum atomic E-state index is 12.4. The molecule has 0 atom stereocenters. The van der Waals surface area contributed by atoms with Crippen LogP contribution in [0.3, 0.4) is 0 Å². The average Bonchev–Trinajstić information content (AvgIpc) is 2.34. The van der Waals surface area contributed by atoms with E-state index in [-0.39, 0.29) is 5.43 Å². The van der Waals surface area contributed by atoms with Crippen molar-refractivity contribution in [2.75, 3.05) is 6.61 Å². The second-order valence-corrected chi connectivity index (χ2v) is 5.18. The van der Waals surface area contributed by atoms with E-state index < -0.39 is 0 Å². The summed E-state index contributed by atoms with van der Waals surface area (Å²) < 4.78 is 6.30. The van der Waals surface area contributed by atoms with Crippen LogP contribution in [0.1, 0.15) is 16.8 Å². The summed E-state index contributed by atoms with van der Waals surface area (Å²) in [5.41, 5.74) is 3.80. The lowest BCUT2D eigenvalue weighted by atomic mass is 10.0. The van der Waals surface area contributed by atoms with Gasteiger partial charge in [-0.15, -0.1) is 0 Å². The first-order valence-corrected chi connectivity index (χ1v) is 6.38.